The van der Waals surface area contributed by atoms with Crippen molar-refractivity contribution >= 4 is 28.8 Å². The molecule has 0 saturated heterocycles. The summed E-state index contributed by atoms with van der Waals surface area (Å²) in [5, 5.41) is 3.26. The first-order chi connectivity index (χ1) is 9.61. The number of hydrogen-bond acceptors (Lipinski definition) is 3. The minimum Gasteiger partial charge on any atom is -0.352 e. The van der Waals surface area contributed by atoms with Crippen molar-refractivity contribution in [3.8, 4) is 0 Å². The molecule has 0 radical (unpaired) electrons. The van der Waals surface area contributed by atoms with Crippen molar-refractivity contribution in [3.63, 3.8) is 0 Å². The van der Waals surface area contributed by atoms with Gasteiger partial charge in [0, 0.05) is 17.5 Å². The lowest BCUT2D eigenvalue weighted by atomic mass is 10.1. The highest BCUT2D eigenvalue weighted by Crippen LogP contribution is 2.44. The van der Waals surface area contributed by atoms with Crippen molar-refractivity contribution in [1.29, 1.82) is 0 Å². The Bertz CT molecular complexity index is 470. The van der Waals surface area contributed by atoms with Crippen LogP contribution in [-0.4, -0.2) is 30.4 Å². The summed E-state index contributed by atoms with van der Waals surface area (Å²) in [5.41, 5.74) is 0. The predicted octanol–water partition coefficient (Wildman–Crippen LogP) is 3.14. The fourth-order valence-electron chi connectivity index (χ4n) is 2.77. The van der Waals surface area contributed by atoms with Crippen molar-refractivity contribution in [2.24, 2.45) is 11.8 Å². The summed E-state index contributed by atoms with van der Waals surface area (Å²) in [6.45, 7) is 1.24. The first kappa shape index (κ1) is 14.4. The molecule has 1 aromatic heterocycles. The van der Waals surface area contributed by atoms with Gasteiger partial charge in [-0.1, -0.05) is 11.6 Å². The van der Waals surface area contributed by atoms with E-state index in [2.05, 4.69) is 5.32 Å². The van der Waals surface area contributed by atoms with Gasteiger partial charge >= 0.3 is 0 Å². The summed E-state index contributed by atoms with van der Waals surface area (Å²) >= 11 is 7.50. The molecule has 0 aliphatic heterocycles. The van der Waals surface area contributed by atoms with Crippen LogP contribution in [-0.2, 0) is 11.3 Å². The molecule has 1 N–H and O–H groups in total. The molecule has 2 aliphatic rings. The molecule has 2 saturated carbocycles. The van der Waals surface area contributed by atoms with E-state index in [1.54, 1.807) is 11.3 Å². The van der Waals surface area contributed by atoms with Gasteiger partial charge in [-0.05, 0) is 56.7 Å². The van der Waals surface area contributed by atoms with E-state index in [0.717, 1.165) is 22.7 Å². The van der Waals surface area contributed by atoms with Crippen LogP contribution in [0.3, 0.4) is 0 Å². The predicted molar refractivity (Wildman–Crippen MR) is 83.0 cm³/mol. The molecule has 1 heterocycles. The number of carbonyl (C=O) groups excluding carboxylic acids is 1. The van der Waals surface area contributed by atoms with Gasteiger partial charge in [-0.3, -0.25) is 9.69 Å². The van der Waals surface area contributed by atoms with E-state index in [-0.39, 0.29) is 5.91 Å². The van der Waals surface area contributed by atoms with Gasteiger partial charge in [0.05, 0.1) is 10.9 Å². The molecule has 3 rings (SSSR count). The number of likely N-dealkylation sites (N-methyl/N-ethyl adjacent to an activating group) is 1. The molecule has 2 fully saturated rings. The van der Waals surface area contributed by atoms with E-state index in [1.807, 2.05) is 24.1 Å². The zero-order valence-electron chi connectivity index (χ0n) is 11.8. The molecule has 5 heteroatoms. The third kappa shape index (κ3) is 3.96. The molecule has 110 valence electrons. The lowest BCUT2D eigenvalue weighted by molar-refractivity contribution is -0.123. The van der Waals surface area contributed by atoms with E-state index in [0.29, 0.717) is 12.6 Å². The summed E-state index contributed by atoms with van der Waals surface area (Å²) in [5.74, 6) is 1.68. The fourth-order valence-corrected chi connectivity index (χ4v) is 3.93. The molecule has 0 bridgehead atoms. The highest BCUT2D eigenvalue weighted by Gasteiger charge is 2.42. The van der Waals surface area contributed by atoms with Gasteiger partial charge in [-0.2, -0.15) is 0 Å². The van der Waals surface area contributed by atoms with Crippen LogP contribution in [0.25, 0.3) is 0 Å². The van der Waals surface area contributed by atoms with E-state index in [9.17, 15) is 4.79 Å². The average Bonchev–Trinajstić information content (AvgIpc) is 3.27. The molecule has 3 nitrogen and oxygen atoms in total. The molecule has 0 aromatic carbocycles. The van der Waals surface area contributed by atoms with Crippen LogP contribution in [0.15, 0.2) is 12.1 Å². The molecule has 1 amide bonds. The van der Waals surface area contributed by atoms with Crippen LogP contribution >= 0.6 is 22.9 Å². The minimum absolute atomic E-state index is 0.166. The third-order valence-electron chi connectivity index (χ3n) is 4.06. The number of thiophene rings is 1. The van der Waals surface area contributed by atoms with E-state index in [4.69, 9.17) is 11.6 Å². The van der Waals surface area contributed by atoms with Gasteiger partial charge in [-0.15, -0.1) is 11.3 Å². The number of rotatable bonds is 7. The highest BCUT2D eigenvalue weighted by atomic mass is 35.5. The maximum atomic E-state index is 12.1. The van der Waals surface area contributed by atoms with Gasteiger partial charge in [0.1, 0.15) is 0 Å². The monoisotopic (exact) mass is 312 g/mol. The van der Waals surface area contributed by atoms with Crippen LogP contribution in [0.2, 0.25) is 4.34 Å². The van der Waals surface area contributed by atoms with Gasteiger partial charge in [0.2, 0.25) is 5.91 Å². The number of nitrogens with zero attached hydrogens (tertiary/aromatic N) is 1. The second-order valence-corrected chi connectivity index (χ2v) is 7.95. The Hall–Kier alpha value is -0.580. The molecule has 0 spiro atoms. The lowest BCUT2D eigenvalue weighted by Gasteiger charge is -2.20. The first-order valence-electron chi connectivity index (χ1n) is 7.34. The third-order valence-corrected chi connectivity index (χ3v) is 5.27. The van der Waals surface area contributed by atoms with Crippen molar-refractivity contribution in [2.45, 2.75) is 38.3 Å². The van der Waals surface area contributed by atoms with Crippen molar-refractivity contribution in [1.82, 2.24) is 10.2 Å². The second-order valence-electron chi connectivity index (χ2n) is 6.15. The summed E-state index contributed by atoms with van der Waals surface area (Å²) in [6.07, 6.45) is 5.19. The maximum Gasteiger partial charge on any atom is 0.234 e. The minimum atomic E-state index is 0.166. The van der Waals surface area contributed by atoms with Crippen molar-refractivity contribution < 1.29 is 4.79 Å². The molecule has 0 atom stereocenters. The maximum absolute atomic E-state index is 12.1. The van der Waals surface area contributed by atoms with Crippen LogP contribution in [0.4, 0.5) is 0 Å². The van der Waals surface area contributed by atoms with Crippen LogP contribution in [0, 0.1) is 11.8 Å². The molecule has 2 aliphatic carbocycles. The number of nitrogens with one attached hydrogen (secondary N) is 1. The summed E-state index contributed by atoms with van der Waals surface area (Å²) < 4.78 is 0.806. The summed E-state index contributed by atoms with van der Waals surface area (Å²) in [4.78, 5) is 15.4. The smallest absolute Gasteiger partial charge is 0.234 e. The number of amides is 1. The Morgan fingerprint density at radius 3 is 2.55 bits per heavy atom. The van der Waals surface area contributed by atoms with E-state index in [1.165, 1.54) is 30.6 Å². The van der Waals surface area contributed by atoms with Gasteiger partial charge in [0.15, 0.2) is 0 Å². The van der Waals surface area contributed by atoms with Crippen molar-refractivity contribution in [3.05, 3.63) is 21.3 Å². The standard InChI is InChI=1S/C15H21ClN2OS/c1-18(8-12-6-7-13(16)20-12)9-14(19)17-15(10-2-3-10)11-4-5-11/h6-7,10-11,15H,2-5,8-9H2,1H3,(H,17,19). The van der Waals surface area contributed by atoms with Gasteiger partial charge in [0.25, 0.3) is 0 Å². The Balaban J connectivity index is 1.45. The number of hydrogen-bond donors (Lipinski definition) is 1. The molecular formula is C15H21ClN2OS. The Morgan fingerprint density at radius 2 is 2.05 bits per heavy atom. The molecule has 1 aromatic rings. The second kappa shape index (κ2) is 6.04. The zero-order valence-corrected chi connectivity index (χ0v) is 13.3. The normalized spacial score (nSPS) is 18.8. The lowest BCUT2D eigenvalue weighted by Crippen LogP contribution is -2.43. The fraction of sp³-hybridized carbons (Fsp3) is 0.667. The van der Waals surface area contributed by atoms with Crippen LogP contribution < -0.4 is 5.32 Å². The van der Waals surface area contributed by atoms with Gasteiger partial charge in [-0.25, -0.2) is 0 Å². The number of halogens is 1. The Kier molecular flexibility index (Phi) is 4.34. The van der Waals surface area contributed by atoms with Crippen LogP contribution in [0.1, 0.15) is 30.6 Å². The Morgan fingerprint density at radius 1 is 1.40 bits per heavy atom. The summed E-state index contributed by atoms with van der Waals surface area (Å²) in [6, 6.07) is 4.39. The largest absolute Gasteiger partial charge is 0.352 e. The quantitative estimate of drug-likeness (QED) is 0.839. The van der Waals surface area contributed by atoms with E-state index >= 15 is 0 Å². The zero-order chi connectivity index (χ0) is 14.1. The molecular weight excluding hydrogens is 292 g/mol. The average molecular weight is 313 g/mol. The molecule has 0 unspecified atom stereocenters. The van der Waals surface area contributed by atoms with Crippen LogP contribution in [0.5, 0.6) is 0 Å². The topological polar surface area (TPSA) is 32.3 Å². The molecule has 20 heavy (non-hydrogen) atoms. The summed E-state index contributed by atoms with van der Waals surface area (Å²) in [7, 11) is 1.98. The van der Waals surface area contributed by atoms with Gasteiger partial charge < -0.3 is 5.32 Å². The number of carbonyl (C=O) groups is 1. The highest BCUT2D eigenvalue weighted by molar-refractivity contribution is 7.16. The van der Waals surface area contributed by atoms with E-state index < -0.39 is 0 Å². The SMILES string of the molecule is CN(CC(=O)NC(C1CC1)C1CC1)Cc1ccc(Cl)s1. The Labute approximate surface area is 129 Å². The van der Waals surface area contributed by atoms with Crippen molar-refractivity contribution in [2.75, 3.05) is 13.6 Å². The first-order valence-corrected chi connectivity index (χ1v) is 8.53.